The molecular formula is C10H17NO2. The number of carboxylic acids is 1. The van der Waals surface area contributed by atoms with E-state index < -0.39 is 5.97 Å². The highest BCUT2D eigenvalue weighted by molar-refractivity contribution is 5.86. The Balaban J connectivity index is 2.33. The molecule has 0 spiro atoms. The van der Waals surface area contributed by atoms with Gasteiger partial charge >= 0.3 is 5.97 Å². The third kappa shape index (κ3) is 3.59. The molecule has 0 bridgehead atoms. The molecule has 3 nitrogen and oxygen atoms in total. The fraction of sp³-hybridized carbons (Fsp3) is 0.700. The Labute approximate surface area is 79.0 Å². The van der Waals surface area contributed by atoms with E-state index in [2.05, 4.69) is 11.5 Å². The standard InChI is InChI=1S/C10H17NO2/c1-9(10(12)13)8-11-6-4-2-3-5-7-11/h1-8H2,(H,12,13). The summed E-state index contributed by atoms with van der Waals surface area (Å²) in [6, 6.07) is 0. The number of hydrogen-bond donors (Lipinski definition) is 1. The molecule has 0 aromatic rings. The molecule has 1 rings (SSSR count). The van der Waals surface area contributed by atoms with Crippen LogP contribution in [-0.4, -0.2) is 35.6 Å². The minimum Gasteiger partial charge on any atom is -0.478 e. The lowest BCUT2D eigenvalue weighted by Gasteiger charge is -2.19. The van der Waals surface area contributed by atoms with Gasteiger partial charge in [0.2, 0.25) is 0 Å². The first-order valence-electron chi connectivity index (χ1n) is 4.83. The molecule has 1 aliphatic rings. The van der Waals surface area contributed by atoms with Crippen LogP contribution in [0.1, 0.15) is 25.7 Å². The minimum absolute atomic E-state index is 0.307. The van der Waals surface area contributed by atoms with Crippen LogP contribution in [0.3, 0.4) is 0 Å². The van der Waals surface area contributed by atoms with Crippen LogP contribution in [0.25, 0.3) is 0 Å². The average Bonchev–Trinajstić information content (AvgIpc) is 2.32. The highest BCUT2D eigenvalue weighted by Gasteiger charge is 2.12. The molecule has 0 aromatic carbocycles. The van der Waals surface area contributed by atoms with Crippen molar-refractivity contribution in [3.63, 3.8) is 0 Å². The van der Waals surface area contributed by atoms with Crippen molar-refractivity contribution in [2.75, 3.05) is 19.6 Å². The summed E-state index contributed by atoms with van der Waals surface area (Å²) >= 11 is 0. The molecule has 0 saturated carbocycles. The van der Waals surface area contributed by atoms with E-state index in [1.54, 1.807) is 0 Å². The molecule has 0 unspecified atom stereocenters. The fourth-order valence-corrected chi connectivity index (χ4v) is 1.63. The Morgan fingerprint density at radius 2 is 1.77 bits per heavy atom. The highest BCUT2D eigenvalue weighted by Crippen LogP contribution is 2.10. The zero-order chi connectivity index (χ0) is 9.68. The summed E-state index contributed by atoms with van der Waals surface area (Å²) in [4.78, 5) is 12.7. The quantitative estimate of drug-likeness (QED) is 0.674. The van der Waals surface area contributed by atoms with Gasteiger partial charge in [0.1, 0.15) is 0 Å². The van der Waals surface area contributed by atoms with Gasteiger partial charge in [-0.1, -0.05) is 19.4 Å². The lowest BCUT2D eigenvalue weighted by Crippen LogP contribution is -2.28. The molecule has 0 atom stereocenters. The molecular weight excluding hydrogens is 166 g/mol. The van der Waals surface area contributed by atoms with Crippen molar-refractivity contribution in [2.24, 2.45) is 0 Å². The Kier molecular flexibility index (Phi) is 3.96. The minimum atomic E-state index is -0.871. The molecule has 0 aromatic heterocycles. The van der Waals surface area contributed by atoms with Gasteiger partial charge in [0.15, 0.2) is 0 Å². The van der Waals surface area contributed by atoms with Gasteiger partial charge in [-0.25, -0.2) is 4.79 Å². The summed E-state index contributed by atoms with van der Waals surface area (Å²) in [5.74, 6) is -0.871. The molecule has 1 N–H and O–H groups in total. The van der Waals surface area contributed by atoms with Crippen LogP contribution in [0, 0.1) is 0 Å². The summed E-state index contributed by atoms with van der Waals surface area (Å²) in [6.07, 6.45) is 4.92. The third-order valence-corrected chi connectivity index (χ3v) is 2.42. The number of aliphatic carboxylic acids is 1. The van der Waals surface area contributed by atoms with E-state index >= 15 is 0 Å². The van der Waals surface area contributed by atoms with Gasteiger partial charge < -0.3 is 5.11 Å². The van der Waals surface area contributed by atoms with E-state index in [-0.39, 0.29) is 0 Å². The van der Waals surface area contributed by atoms with Crippen molar-refractivity contribution >= 4 is 5.97 Å². The van der Waals surface area contributed by atoms with Crippen molar-refractivity contribution in [2.45, 2.75) is 25.7 Å². The first-order valence-corrected chi connectivity index (χ1v) is 4.83. The van der Waals surface area contributed by atoms with Crippen LogP contribution in [0.2, 0.25) is 0 Å². The van der Waals surface area contributed by atoms with Crippen LogP contribution in [0.4, 0.5) is 0 Å². The zero-order valence-corrected chi connectivity index (χ0v) is 7.96. The topological polar surface area (TPSA) is 40.5 Å². The van der Waals surface area contributed by atoms with Gasteiger partial charge in [0.05, 0.1) is 0 Å². The Hall–Kier alpha value is -0.830. The molecule has 0 radical (unpaired) electrons. The highest BCUT2D eigenvalue weighted by atomic mass is 16.4. The summed E-state index contributed by atoms with van der Waals surface area (Å²) in [5, 5.41) is 8.66. The van der Waals surface area contributed by atoms with E-state index in [4.69, 9.17) is 5.11 Å². The second kappa shape index (κ2) is 5.02. The summed E-state index contributed by atoms with van der Waals surface area (Å²) in [6.45, 7) is 6.10. The summed E-state index contributed by atoms with van der Waals surface area (Å²) in [7, 11) is 0. The van der Waals surface area contributed by atoms with E-state index in [1.807, 2.05) is 0 Å². The third-order valence-electron chi connectivity index (χ3n) is 2.42. The van der Waals surface area contributed by atoms with Crippen molar-refractivity contribution in [1.82, 2.24) is 4.90 Å². The van der Waals surface area contributed by atoms with Gasteiger partial charge in [-0.05, 0) is 25.9 Å². The molecule has 74 valence electrons. The molecule has 1 saturated heterocycles. The van der Waals surface area contributed by atoms with Crippen molar-refractivity contribution in [3.05, 3.63) is 12.2 Å². The van der Waals surface area contributed by atoms with Crippen molar-refractivity contribution < 1.29 is 9.90 Å². The smallest absolute Gasteiger partial charge is 0.332 e. The van der Waals surface area contributed by atoms with E-state index in [9.17, 15) is 4.79 Å². The van der Waals surface area contributed by atoms with Crippen LogP contribution >= 0.6 is 0 Å². The largest absolute Gasteiger partial charge is 0.478 e. The van der Waals surface area contributed by atoms with E-state index in [1.165, 1.54) is 25.7 Å². The number of nitrogens with zero attached hydrogens (tertiary/aromatic N) is 1. The molecule has 13 heavy (non-hydrogen) atoms. The molecule has 1 heterocycles. The van der Waals surface area contributed by atoms with Crippen LogP contribution in [-0.2, 0) is 4.79 Å². The van der Waals surface area contributed by atoms with Crippen molar-refractivity contribution in [1.29, 1.82) is 0 Å². The van der Waals surface area contributed by atoms with Gasteiger partial charge in [-0.15, -0.1) is 0 Å². The Morgan fingerprint density at radius 1 is 1.23 bits per heavy atom. The number of rotatable bonds is 3. The Bertz CT molecular complexity index is 193. The second-order valence-electron chi connectivity index (χ2n) is 3.60. The van der Waals surface area contributed by atoms with Crippen LogP contribution < -0.4 is 0 Å². The molecule has 3 heteroatoms. The maximum Gasteiger partial charge on any atom is 0.332 e. The zero-order valence-electron chi connectivity index (χ0n) is 7.96. The molecule has 1 fully saturated rings. The monoisotopic (exact) mass is 183 g/mol. The number of likely N-dealkylation sites (tertiary alicyclic amines) is 1. The molecule has 1 aliphatic heterocycles. The Morgan fingerprint density at radius 3 is 2.23 bits per heavy atom. The van der Waals surface area contributed by atoms with E-state index in [0.717, 1.165) is 13.1 Å². The second-order valence-corrected chi connectivity index (χ2v) is 3.60. The predicted octanol–water partition coefficient (Wildman–Crippen LogP) is 1.50. The lowest BCUT2D eigenvalue weighted by molar-refractivity contribution is -0.132. The van der Waals surface area contributed by atoms with E-state index in [0.29, 0.717) is 12.1 Å². The number of hydrogen-bond acceptors (Lipinski definition) is 2. The average molecular weight is 183 g/mol. The van der Waals surface area contributed by atoms with Crippen molar-refractivity contribution in [3.8, 4) is 0 Å². The number of carboxylic acid groups (broad SMARTS) is 1. The molecule has 0 aliphatic carbocycles. The fourth-order valence-electron chi connectivity index (χ4n) is 1.63. The van der Waals surface area contributed by atoms with Gasteiger partial charge in [-0.2, -0.15) is 0 Å². The lowest BCUT2D eigenvalue weighted by atomic mass is 10.2. The van der Waals surface area contributed by atoms with Crippen LogP contribution in [0.5, 0.6) is 0 Å². The van der Waals surface area contributed by atoms with Crippen LogP contribution in [0.15, 0.2) is 12.2 Å². The maximum atomic E-state index is 10.5. The molecule has 0 amide bonds. The summed E-state index contributed by atoms with van der Waals surface area (Å²) < 4.78 is 0. The first kappa shape index (κ1) is 10.3. The maximum absolute atomic E-state index is 10.5. The summed E-state index contributed by atoms with van der Waals surface area (Å²) in [5.41, 5.74) is 0.307. The normalized spacial score (nSPS) is 19.4. The first-order chi connectivity index (χ1) is 6.20. The number of carbonyl (C=O) groups is 1. The SMILES string of the molecule is C=C(CN1CCCCCC1)C(=O)O. The van der Waals surface area contributed by atoms with Gasteiger partial charge in [0.25, 0.3) is 0 Å². The van der Waals surface area contributed by atoms with Gasteiger partial charge in [-0.3, -0.25) is 4.90 Å². The van der Waals surface area contributed by atoms with Gasteiger partial charge in [0, 0.05) is 12.1 Å². The predicted molar refractivity (Wildman–Crippen MR) is 51.7 cm³/mol.